The maximum Gasteiger partial charge on any atom is 0.233 e. The topological polar surface area (TPSA) is 68.5 Å². The number of nitrogens with one attached hydrogen (secondary N) is 1. The lowest BCUT2D eigenvalue weighted by Crippen LogP contribution is -2.47. The number of Topliss-reactive ketones (excluding diaryl/α,β-unsaturated/α-hetero) is 1. The van der Waals surface area contributed by atoms with Crippen LogP contribution in [0.4, 0.5) is 0 Å². The molecule has 2 heterocycles. The van der Waals surface area contributed by atoms with Gasteiger partial charge in [0.25, 0.3) is 0 Å². The summed E-state index contributed by atoms with van der Waals surface area (Å²) < 4.78 is 10.7. The minimum atomic E-state index is -0.509. The largest absolute Gasteiger partial charge is 0.468 e. The first kappa shape index (κ1) is 18.5. The molecule has 138 valence electrons. The lowest BCUT2D eigenvalue weighted by Gasteiger charge is -2.26. The predicted octanol–water partition coefficient (Wildman–Crippen LogP) is 3.32. The Bertz CT molecular complexity index is 568. The summed E-state index contributed by atoms with van der Waals surface area (Å²) in [6, 6.07) is 3.28. The minimum absolute atomic E-state index is 0.0340. The molecular formula is C19H27NO4S. The molecule has 2 aliphatic rings. The zero-order valence-corrected chi connectivity index (χ0v) is 15.6. The number of furan rings is 1. The summed E-state index contributed by atoms with van der Waals surface area (Å²) in [5.74, 6) is 2.07. The van der Waals surface area contributed by atoms with Crippen LogP contribution in [0.25, 0.3) is 0 Å². The van der Waals surface area contributed by atoms with Crippen LogP contribution in [0.2, 0.25) is 0 Å². The van der Waals surface area contributed by atoms with Crippen LogP contribution in [0.5, 0.6) is 0 Å². The van der Waals surface area contributed by atoms with E-state index in [-0.39, 0.29) is 29.7 Å². The minimum Gasteiger partial charge on any atom is -0.468 e. The van der Waals surface area contributed by atoms with Gasteiger partial charge < -0.3 is 14.5 Å². The van der Waals surface area contributed by atoms with E-state index in [1.54, 1.807) is 18.0 Å². The predicted molar refractivity (Wildman–Crippen MR) is 97.3 cm³/mol. The van der Waals surface area contributed by atoms with Crippen LogP contribution in [0.15, 0.2) is 22.8 Å². The Balaban J connectivity index is 1.61. The quantitative estimate of drug-likeness (QED) is 0.803. The highest BCUT2D eigenvalue weighted by Gasteiger charge is 2.36. The molecule has 0 aromatic carbocycles. The summed E-state index contributed by atoms with van der Waals surface area (Å²) in [6.45, 7) is 1.93. The molecule has 1 N–H and O–H groups in total. The number of carbonyl (C=O) groups is 2. The molecule has 2 fully saturated rings. The Hall–Kier alpha value is -1.27. The Labute approximate surface area is 153 Å². The van der Waals surface area contributed by atoms with Crippen LogP contribution in [-0.4, -0.2) is 35.7 Å². The summed E-state index contributed by atoms with van der Waals surface area (Å²) >= 11 is 1.61. The van der Waals surface area contributed by atoms with Crippen molar-refractivity contribution in [2.24, 2.45) is 5.92 Å². The van der Waals surface area contributed by atoms with E-state index in [4.69, 9.17) is 9.15 Å². The van der Waals surface area contributed by atoms with Gasteiger partial charge in [-0.25, -0.2) is 0 Å². The van der Waals surface area contributed by atoms with Crippen molar-refractivity contribution in [3.8, 4) is 0 Å². The molecule has 1 aromatic heterocycles. The SMILES string of the molecule is CC1OCC(=O)[C@H]1NC(=O)[C@@H](CC1CCCCC1)SCc1ccco1. The van der Waals surface area contributed by atoms with Gasteiger partial charge in [-0.15, -0.1) is 11.8 Å². The van der Waals surface area contributed by atoms with Gasteiger partial charge >= 0.3 is 0 Å². The van der Waals surface area contributed by atoms with E-state index < -0.39 is 6.04 Å². The van der Waals surface area contributed by atoms with Crippen molar-refractivity contribution in [1.82, 2.24) is 5.32 Å². The number of ketones is 1. The van der Waals surface area contributed by atoms with Crippen LogP contribution in [0.1, 0.15) is 51.2 Å². The normalized spacial score (nSPS) is 25.9. The highest BCUT2D eigenvalue weighted by Crippen LogP contribution is 2.32. The summed E-state index contributed by atoms with van der Waals surface area (Å²) in [5, 5.41) is 2.77. The van der Waals surface area contributed by atoms with Gasteiger partial charge in [0.2, 0.25) is 5.91 Å². The van der Waals surface area contributed by atoms with Gasteiger partial charge in [-0.05, 0) is 31.4 Å². The number of amides is 1. The van der Waals surface area contributed by atoms with Crippen molar-refractivity contribution in [3.05, 3.63) is 24.2 Å². The van der Waals surface area contributed by atoms with Gasteiger partial charge in [0.05, 0.1) is 23.4 Å². The second-order valence-electron chi connectivity index (χ2n) is 7.09. The third-order valence-corrected chi connectivity index (χ3v) is 6.43. The van der Waals surface area contributed by atoms with E-state index in [1.807, 2.05) is 19.1 Å². The maximum absolute atomic E-state index is 12.9. The van der Waals surface area contributed by atoms with E-state index in [0.717, 1.165) is 12.2 Å². The standard InChI is InChI=1S/C19H27NO4S/c1-13-18(16(21)11-24-13)20-19(22)17(10-14-6-3-2-4-7-14)25-12-15-8-5-9-23-15/h5,8-9,13-14,17-18H,2-4,6-7,10-12H2,1H3,(H,20,22)/t13?,17-,18+/m1/s1. The molecule has 1 saturated carbocycles. The first-order valence-corrected chi connectivity index (χ1v) is 10.3. The number of hydrogen-bond donors (Lipinski definition) is 1. The fourth-order valence-electron chi connectivity index (χ4n) is 3.66. The molecule has 0 bridgehead atoms. The summed E-state index contributed by atoms with van der Waals surface area (Å²) in [4.78, 5) is 24.8. The molecule has 0 spiro atoms. The fraction of sp³-hybridized carbons (Fsp3) is 0.684. The third-order valence-electron chi connectivity index (χ3n) is 5.17. The van der Waals surface area contributed by atoms with E-state index in [1.165, 1.54) is 32.1 Å². The monoisotopic (exact) mass is 365 g/mol. The molecule has 1 unspecified atom stereocenters. The Morgan fingerprint density at radius 2 is 2.16 bits per heavy atom. The van der Waals surface area contributed by atoms with Gasteiger partial charge in [-0.2, -0.15) is 0 Å². The number of rotatable bonds is 7. The third kappa shape index (κ3) is 5.11. The van der Waals surface area contributed by atoms with Crippen LogP contribution >= 0.6 is 11.8 Å². The first-order valence-electron chi connectivity index (χ1n) is 9.22. The fourth-order valence-corrected chi connectivity index (χ4v) is 4.82. The molecule has 1 aliphatic carbocycles. The van der Waals surface area contributed by atoms with Crippen molar-refractivity contribution in [2.45, 2.75) is 68.6 Å². The smallest absolute Gasteiger partial charge is 0.233 e. The average Bonchev–Trinajstić information content (AvgIpc) is 3.24. The first-order chi connectivity index (χ1) is 12.1. The molecule has 6 heteroatoms. The number of carbonyl (C=O) groups excluding carboxylic acids is 2. The molecular weight excluding hydrogens is 338 g/mol. The summed E-state index contributed by atoms with van der Waals surface area (Å²) in [6.07, 6.45) is 8.50. The van der Waals surface area contributed by atoms with Crippen LogP contribution in [0, 0.1) is 5.92 Å². The number of ether oxygens (including phenoxy) is 1. The van der Waals surface area contributed by atoms with Gasteiger partial charge in [0, 0.05) is 0 Å². The van der Waals surface area contributed by atoms with Crippen LogP contribution in [-0.2, 0) is 20.1 Å². The average molecular weight is 365 g/mol. The lowest BCUT2D eigenvalue weighted by molar-refractivity contribution is -0.126. The highest BCUT2D eigenvalue weighted by molar-refractivity contribution is 7.99. The van der Waals surface area contributed by atoms with Gasteiger partial charge in [-0.3, -0.25) is 9.59 Å². The second-order valence-corrected chi connectivity index (χ2v) is 8.28. The van der Waals surface area contributed by atoms with Gasteiger partial charge in [0.1, 0.15) is 18.4 Å². The van der Waals surface area contributed by atoms with E-state index in [9.17, 15) is 9.59 Å². The van der Waals surface area contributed by atoms with E-state index in [0.29, 0.717) is 11.7 Å². The number of hydrogen-bond acceptors (Lipinski definition) is 5. The highest BCUT2D eigenvalue weighted by atomic mass is 32.2. The zero-order chi connectivity index (χ0) is 17.6. The summed E-state index contributed by atoms with van der Waals surface area (Å²) in [7, 11) is 0. The van der Waals surface area contributed by atoms with E-state index in [2.05, 4.69) is 5.32 Å². The Morgan fingerprint density at radius 3 is 2.80 bits per heavy atom. The maximum atomic E-state index is 12.9. The lowest BCUT2D eigenvalue weighted by atomic mass is 9.86. The van der Waals surface area contributed by atoms with E-state index >= 15 is 0 Å². The Kier molecular flexibility index (Phi) is 6.59. The van der Waals surface area contributed by atoms with Crippen molar-refractivity contribution in [2.75, 3.05) is 6.61 Å². The van der Waals surface area contributed by atoms with Crippen molar-refractivity contribution in [1.29, 1.82) is 0 Å². The summed E-state index contributed by atoms with van der Waals surface area (Å²) in [5.41, 5.74) is 0. The van der Waals surface area contributed by atoms with Gasteiger partial charge in [0.15, 0.2) is 5.78 Å². The molecule has 1 saturated heterocycles. The second kappa shape index (κ2) is 8.90. The van der Waals surface area contributed by atoms with Crippen molar-refractivity contribution in [3.63, 3.8) is 0 Å². The van der Waals surface area contributed by atoms with Crippen molar-refractivity contribution < 1.29 is 18.7 Å². The van der Waals surface area contributed by atoms with Crippen LogP contribution in [0.3, 0.4) is 0 Å². The Morgan fingerprint density at radius 1 is 1.36 bits per heavy atom. The molecule has 3 rings (SSSR count). The molecule has 1 aromatic rings. The van der Waals surface area contributed by atoms with Crippen LogP contribution < -0.4 is 5.32 Å². The molecule has 0 radical (unpaired) electrons. The van der Waals surface area contributed by atoms with Gasteiger partial charge in [-0.1, -0.05) is 32.1 Å². The number of thioether (sulfide) groups is 1. The molecule has 1 amide bonds. The molecule has 5 nitrogen and oxygen atoms in total. The molecule has 1 aliphatic heterocycles. The van der Waals surface area contributed by atoms with Crippen molar-refractivity contribution >= 4 is 23.5 Å². The zero-order valence-electron chi connectivity index (χ0n) is 14.7. The molecule has 25 heavy (non-hydrogen) atoms. The molecule has 3 atom stereocenters.